The minimum absolute atomic E-state index is 0.231. The zero-order valence-electron chi connectivity index (χ0n) is 18.9. The van der Waals surface area contributed by atoms with Gasteiger partial charge in [0.25, 0.3) is 0 Å². The zero-order valence-corrected chi connectivity index (χ0v) is 18.9. The fourth-order valence-corrected chi connectivity index (χ4v) is 5.28. The maximum atomic E-state index is 4.99. The van der Waals surface area contributed by atoms with E-state index in [2.05, 4.69) is 70.0 Å². The van der Waals surface area contributed by atoms with E-state index in [1.807, 2.05) is 24.4 Å². The van der Waals surface area contributed by atoms with Crippen molar-refractivity contribution in [1.29, 1.82) is 0 Å². The van der Waals surface area contributed by atoms with Crippen LogP contribution in [-0.2, 0) is 6.42 Å². The number of H-pyrrole nitrogens is 1. The third-order valence-electron chi connectivity index (χ3n) is 6.88. The number of hydrogen-bond acceptors (Lipinski definition) is 4. The van der Waals surface area contributed by atoms with Gasteiger partial charge in [0, 0.05) is 31.6 Å². The lowest BCUT2D eigenvalue weighted by Crippen LogP contribution is -2.39. The number of aromatic amines is 1. The monoisotopic (exact) mass is 436 g/mol. The molecule has 0 amide bonds. The second-order valence-corrected chi connectivity index (χ2v) is 8.99. The second kappa shape index (κ2) is 8.45. The highest BCUT2D eigenvalue weighted by Gasteiger charge is 2.35. The minimum Gasteiger partial charge on any atom is -0.341 e. The van der Waals surface area contributed by atoms with Gasteiger partial charge in [-0.15, -0.1) is 0 Å². The molecule has 166 valence electrons. The SMILES string of the molecule is Cc1cccnc1[C@@H]1CCC[C@H](c2nc3ccccc3[nH]2)N1CCc1cn2ccccc2n1. The molecule has 6 heteroatoms. The van der Waals surface area contributed by atoms with E-state index in [9.17, 15) is 0 Å². The lowest BCUT2D eigenvalue weighted by molar-refractivity contribution is 0.0757. The van der Waals surface area contributed by atoms with Crippen LogP contribution in [0, 0.1) is 6.92 Å². The van der Waals surface area contributed by atoms with Crippen LogP contribution in [0.5, 0.6) is 0 Å². The molecule has 0 bridgehead atoms. The summed E-state index contributed by atoms with van der Waals surface area (Å²) in [4.78, 5) is 20.9. The van der Waals surface area contributed by atoms with E-state index in [0.29, 0.717) is 0 Å². The van der Waals surface area contributed by atoms with Crippen LogP contribution in [0.3, 0.4) is 0 Å². The lowest BCUT2D eigenvalue weighted by atomic mass is 9.91. The van der Waals surface area contributed by atoms with E-state index in [1.165, 1.54) is 11.3 Å². The molecule has 2 atom stereocenters. The van der Waals surface area contributed by atoms with Crippen LogP contribution in [0.1, 0.15) is 54.1 Å². The first kappa shape index (κ1) is 20.1. The van der Waals surface area contributed by atoms with Crippen molar-refractivity contribution >= 4 is 16.7 Å². The van der Waals surface area contributed by atoms with E-state index in [0.717, 1.165) is 60.4 Å². The molecule has 1 N–H and O–H groups in total. The molecule has 1 fully saturated rings. The summed E-state index contributed by atoms with van der Waals surface area (Å²) in [6, 6.07) is 19.1. The summed E-state index contributed by atoms with van der Waals surface area (Å²) < 4.78 is 2.10. The summed E-state index contributed by atoms with van der Waals surface area (Å²) >= 11 is 0. The Kier molecular flexibility index (Phi) is 5.15. The highest BCUT2D eigenvalue weighted by molar-refractivity contribution is 5.74. The molecule has 33 heavy (non-hydrogen) atoms. The molecule has 0 aliphatic carbocycles. The third kappa shape index (κ3) is 3.80. The Hall–Kier alpha value is -3.51. The largest absolute Gasteiger partial charge is 0.341 e. The Labute approximate surface area is 193 Å². The van der Waals surface area contributed by atoms with Gasteiger partial charge in [-0.25, -0.2) is 9.97 Å². The number of likely N-dealkylation sites (tertiary alicyclic amines) is 1. The van der Waals surface area contributed by atoms with Crippen LogP contribution in [0.15, 0.2) is 73.2 Å². The normalized spacial score (nSPS) is 19.4. The molecule has 1 saturated heterocycles. The van der Waals surface area contributed by atoms with Crippen LogP contribution in [-0.4, -0.2) is 35.8 Å². The number of para-hydroxylation sites is 2. The van der Waals surface area contributed by atoms with Gasteiger partial charge in [-0.05, 0) is 62.1 Å². The number of aryl methyl sites for hydroxylation is 1. The van der Waals surface area contributed by atoms with Crippen molar-refractivity contribution in [1.82, 2.24) is 29.2 Å². The molecule has 1 aliphatic heterocycles. The van der Waals surface area contributed by atoms with Crippen LogP contribution in [0.4, 0.5) is 0 Å². The van der Waals surface area contributed by atoms with E-state index in [1.54, 1.807) is 0 Å². The molecule has 4 aromatic heterocycles. The number of nitrogens with one attached hydrogen (secondary N) is 1. The Morgan fingerprint density at radius 3 is 2.73 bits per heavy atom. The fraction of sp³-hybridized carbons (Fsp3) is 0.296. The third-order valence-corrected chi connectivity index (χ3v) is 6.88. The number of fused-ring (bicyclic) bond motifs is 2. The number of nitrogens with zero attached hydrogens (tertiary/aromatic N) is 5. The topological polar surface area (TPSA) is 62.1 Å². The highest BCUT2D eigenvalue weighted by Crippen LogP contribution is 2.41. The molecule has 0 unspecified atom stereocenters. The van der Waals surface area contributed by atoms with Gasteiger partial charge in [0.1, 0.15) is 11.5 Å². The van der Waals surface area contributed by atoms with Crippen LogP contribution >= 0.6 is 0 Å². The van der Waals surface area contributed by atoms with E-state index in [4.69, 9.17) is 15.0 Å². The van der Waals surface area contributed by atoms with Crippen molar-refractivity contribution in [2.45, 2.75) is 44.7 Å². The molecule has 6 rings (SSSR count). The van der Waals surface area contributed by atoms with Crippen LogP contribution < -0.4 is 0 Å². The molecule has 0 radical (unpaired) electrons. The smallest absolute Gasteiger partial charge is 0.136 e. The van der Waals surface area contributed by atoms with Gasteiger partial charge in [0.05, 0.1) is 34.5 Å². The van der Waals surface area contributed by atoms with Crippen LogP contribution in [0.2, 0.25) is 0 Å². The summed E-state index contributed by atoms with van der Waals surface area (Å²) in [6.45, 7) is 3.08. The van der Waals surface area contributed by atoms with Gasteiger partial charge in [-0.1, -0.05) is 24.3 Å². The van der Waals surface area contributed by atoms with E-state index < -0.39 is 0 Å². The Morgan fingerprint density at radius 2 is 1.85 bits per heavy atom. The lowest BCUT2D eigenvalue weighted by Gasteiger charge is -2.41. The highest BCUT2D eigenvalue weighted by atomic mass is 15.2. The van der Waals surface area contributed by atoms with Gasteiger partial charge >= 0.3 is 0 Å². The molecular formula is C27H28N6. The zero-order chi connectivity index (χ0) is 22.2. The Morgan fingerprint density at radius 1 is 0.970 bits per heavy atom. The number of hydrogen-bond donors (Lipinski definition) is 1. The standard InChI is InChI=1S/C27H28N6/c1-19-8-7-15-28-26(19)23-11-6-12-24(27-30-21-9-2-3-10-22(21)31-27)33(23)17-14-20-18-32-16-5-4-13-25(32)29-20/h2-5,7-10,13,15-16,18,23-24H,6,11-12,14,17H2,1H3,(H,30,31)/t23-,24+/m0/s1. The van der Waals surface area contributed by atoms with Crippen molar-refractivity contribution in [2.24, 2.45) is 0 Å². The number of rotatable bonds is 5. The summed E-state index contributed by atoms with van der Waals surface area (Å²) in [5.74, 6) is 1.06. The van der Waals surface area contributed by atoms with E-state index in [-0.39, 0.29) is 12.1 Å². The minimum atomic E-state index is 0.231. The molecule has 1 aromatic carbocycles. The number of pyridine rings is 2. The van der Waals surface area contributed by atoms with Crippen molar-refractivity contribution in [3.8, 4) is 0 Å². The quantitative estimate of drug-likeness (QED) is 0.399. The molecule has 6 nitrogen and oxygen atoms in total. The molecular weight excluding hydrogens is 408 g/mol. The summed E-state index contributed by atoms with van der Waals surface area (Å²) in [7, 11) is 0. The number of piperidine rings is 1. The van der Waals surface area contributed by atoms with E-state index >= 15 is 0 Å². The molecule has 5 heterocycles. The van der Waals surface area contributed by atoms with Crippen molar-refractivity contribution in [3.05, 3.63) is 96.0 Å². The van der Waals surface area contributed by atoms with Crippen molar-refractivity contribution < 1.29 is 0 Å². The molecule has 1 aliphatic rings. The predicted molar refractivity (Wildman–Crippen MR) is 130 cm³/mol. The van der Waals surface area contributed by atoms with Gasteiger partial charge in [0.2, 0.25) is 0 Å². The van der Waals surface area contributed by atoms with Gasteiger partial charge in [-0.3, -0.25) is 9.88 Å². The summed E-state index contributed by atoms with van der Waals surface area (Å²) in [5.41, 5.74) is 6.69. The number of aromatic nitrogens is 5. The second-order valence-electron chi connectivity index (χ2n) is 8.99. The Bertz CT molecular complexity index is 1330. The fourth-order valence-electron chi connectivity index (χ4n) is 5.28. The first-order chi connectivity index (χ1) is 16.3. The number of benzene rings is 1. The maximum absolute atomic E-state index is 4.99. The first-order valence-electron chi connectivity index (χ1n) is 11.8. The molecule has 0 saturated carbocycles. The summed E-state index contributed by atoms with van der Waals surface area (Å²) in [6.07, 6.45) is 10.4. The van der Waals surface area contributed by atoms with Crippen LogP contribution in [0.25, 0.3) is 16.7 Å². The molecule has 5 aromatic rings. The predicted octanol–water partition coefficient (Wildman–Crippen LogP) is 5.43. The van der Waals surface area contributed by atoms with Crippen molar-refractivity contribution in [2.75, 3.05) is 6.54 Å². The van der Waals surface area contributed by atoms with Gasteiger partial charge in [0.15, 0.2) is 0 Å². The average molecular weight is 437 g/mol. The van der Waals surface area contributed by atoms with Gasteiger partial charge < -0.3 is 9.38 Å². The first-order valence-corrected chi connectivity index (χ1v) is 11.8. The summed E-state index contributed by atoms with van der Waals surface area (Å²) in [5, 5.41) is 0. The van der Waals surface area contributed by atoms with Crippen molar-refractivity contribution in [3.63, 3.8) is 0 Å². The Balaban J connectivity index is 1.36. The maximum Gasteiger partial charge on any atom is 0.136 e. The van der Waals surface area contributed by atoms with Gasteiger partial charge in [-0.2, -0.15) is 0 Å². The number of imidazole rings is 2. The molecule has 0 spiro atoms. The average Bonchev–Trinajstić information content (AvgIpc) is 3.47.